The number of methoxy groups -OCH3 is 2. The molecule has 2 N–H and O–H groups in total. The van der Waals surface area contributed by atoms with Gasteiger partial charge in [0.1, 0.15) is 0 Å². The van der Waals surface area contributed by atoms with Gasteiger partial charge in [-0.3, -0.25) is 24.6 Å². The van der Waals surface area contributed by atoms with Gasteiger partial charge in [0.25, 0.3) is 17.5 Å². The maximum Gasteiger partial charge on any atom is 0.273 e. The van der Waals surface area contributed by atoms with Crippen LogP contribution in [-0.2, 0) is 26.1 Å². The van der Waals surface area contributed by atoms with Gasteiger partial charge in [0.15, 0.2) is 11.5 Å². The third-order valence-corrected chi connectivity index (χ3v) is 7.43. The zero-order valence-corrected chi connectivity index (χ0v) is 24.0. The van der Waals surface area contributed by atoms with E-state index in [0.29, 0.717) is 47.0 Å². The maximum absolute atomic E-state index is 13.1. The molecule has 43 heavy (non-hydrogen) atoms. The summed E-state index contributed by atoms with van der Waals surface area (Å²) in [7, 11) is 3.04. The number of para-hydroxylation sites is 1. The Morgan fingerprint density at radius 2 is 1.65 bits per heavy atom. The number of benzene rings is 4. The number of hydrogen-bond donors (Lipinski definition) is 2. The molecular weight excluding hydrogens is 548 g/mol. The van der Waals surface area contributed by atoms with E-state index in [1.807, 2.05) is 30.3 Å². The number of fused-ring (bicyclic) bond motifs is 1. The van der Waals surface area contributed by atoms with Crippen LogP contribution < -0.4 is 20.1 Å². The summed E-state index contributed by atoms with van der Waals surface area (Å²) in [6.07, 6.45) is 0.821. The fraction of sp³-hybridized carbons (Fsp3) is 0.212. The number of carbonyl (C=O) groups is 2. The molecule has 1 aliphatic heterocycles. The molecular formula is C33H32N4O6. The lowest BCUT2D eigenvalue weighted by molar-refractivity contribution is -0.385. The van der Waals surface area contributed by atoms with Crippen LogP contribution in [0.25, 0.3) is 0 Å². The number of nitrogens with one attached hydrogen (secondary N) is 2. The van der Waals surface area contributed by atoms with Gasteiger partial charge in [-0.2, -0.15) is 0 Å². The SMILES string of the molecule is COc1ccc(C(=O)NCc2cccc(C(=O)Nc3ccc4c(c3)CN(Cc3ccccc3[N+](=O)[O-])CC4)c2)cc1OC. The molecule has 0 bridgehead atoms. The number of nitro groups is 1. The number of anilines is 1. The van der Waals surface area contributed by atoms with Gasteiger partial charge in [0.2, 0.25) is 0 Å². The molecule has 10 nitrogen and oxygen atoms in total. The van der Waals surface area contributed by atoms with Crippen LogP contribution in [0.5, 0.6) is 11.5 Å². The molecule has 0 aliphatic carbocycles. The molecule has 4 aromatic carbocycles. The van der Waals surface area contributed by atoms with Crippen molar-refractivity contribution in [2.75, 3.05) is 26.1 Å². The predicted molar refractivity (Wildman–Crippen MR) is 162 cm³/mol. The number of ether oxygens (including phenoxy) is 2. The highest BCUT2D eigenvalue weighted by atomic mass is 16.6. The molecule has 0 unspecified atom stereocenters. The van der Waals surface area contributed by atoms with Gasteiger partial charge in [-0.05, 0) is 65.6 Å². The van der Waals surface area contributed by atoms with Gasteiger partial charge in [-0.1, -0.05) is 36.4 Å². The Balaban J connectivity index is 1.21. The minimum absolute atomic E-state index is 0.122. The first-order valence-electron chi connectivity index (χ1n) is 13.8. The van der Waals surface area contributed by atoms with Crippen molar-refractivity contribution in [2.24, 2.45) is 0 Å². The highest BCUT2D eigenvalue weighted by Gasteiger charge is 2.21. The smallest absolute Gasteiger partial charge is 0.273 e. The summed E-state index contributed by atoms with van der Waals surface area (Å²) in [6.45, 7) is 2.13. The van der Waals surface area contributed by atoms with Gasteiger partial charge in [-0.15, -0.1) is 0 Å². The first-order valence-corrected chi connectivity index (χ1v) is 13.8. The van der Waals surface area contributed by atoms with Crippen molar-refractivity contribution in [1.29, 1.82) is 0 Å². The van der Waals surface area contributed by atoms with Gasteiger partial charge >= 0.3 is 0 Å². The zero-order valence-electron chi connectivity index (χ0n) is 24.0. The van der Waals surface area contributed by atoms with Gasteiger partial charge in [-0.25, -0.2) is 0 Å². The lowest BCUT2D eigenvalue weighted by Gasteiger charge is -2.29. The van der Waals surface area contributed by atoms with E-state index in [4.69, 9.17) is 9.47 Å². The summed E-state index contributed by atoms with van der Waals surface area (Å²) in [5.74, 6) is 0.456. The van der Waals surface area contributed by atoms with Crippen molar-refractivity contribution < 1.29 is 24.0 Å². The van der Waals surface area contributed by atoms with Crippen LogP contribution in [0.15, 0.2) is 84.9 Å². The van der Waals surface area contributed by atoms with Crippen LogP contribution in [0, 0.1) is 10.1 Å². The third kappa shape index (κ3) is 6.99. The average molecular weight is 581 g/mol. The molecule has 1 heterocycles. The Morgan fingerprint density at radius 3 is 2.44 bits per heavy atom. The number of carbonyl (C=O) groups excluding carboxylic acids is 2. The van der Waals surface area contributed by atoms with Crippen LogP contribution in [0.2, 0.25) is 0 Å². The average Bonchev–Trinajstić information content (AvgIpc) is 3.03. The molecule has 2 amide bonds. The topological polar surface area (TPSA) is 123 Å². The standard InChI is InChI=1S/C33H32N4O6/c1-42-30-13-11-25(18-31(30)43-2)32(38)34-19-22-6-5-8-24(16-22)33(39)35-28-12-10-23-14-15-36(21-27(23)17-28)20-26-7-3-4-9-29(26)37(40)41/h3-13,16-18H,14-15,19-21H2,1-2H3,(H,34,38)(H,35,39). The van der Waals surface area contributed by atoms with E-state index in [0.717, 1.165) is 24.1 Å². The molecule has 1 aliphatic rings. The first-order chi connectivity index (χ1) is 20.8. The Kier molecular flexibility index (Phi) is 8.97. The fourth-order valence-corrected chi connectivity index (χ4v) is 5.18. The number of nitrogens with zero attached hydrogens (tertiary/aromatic N) is 2. The first kappa shape index (κ1) is 29.3. The lowest BCUT2D eigenvalue weighted by Crippen LogP contribution is -2.30. The molecule has 10 heteroatoms. The molecule has 0 saturated heterocycles. The van der Waals surface area contributed by atoms with E-state index in [-0.39, 0.29) is 29.0 Å². The zero-order chi connectivity index (χ0) is 30.3. The summed E-state index contributed by atoms with van der Waals surface area (Å²) in [5.41, 5.74) is 5.42. The Morgan fingerprint density at radius 1 is 0.860 bits per heavy atom. The van der Waals surface area contributed by atoms with Crippen molar-refractivity contribution in [3.63, 3.8) is 0 Å². The monoisotopic (exact) mass is 580 g/mol. The number of rotatable bonds is 10. The summed E-state index contributed by atoms with van der Waals surface area (Å²) >= 11 is 0. The van der Waals surface area contributed by atoms with E-state index in [2.05, 4.69) is 15.5 Å². The van der Waals surface area contributed by atoms with Gasteiger partial charge in [0, 0.05) is 54.6 Å². The highest BCUT2D eigenvalue weighted by molar-refractivity contribution is 6.04. The molecule has 220 valence electrons. The molecule has 5 rings (SSSR count). The summed E-state index contributed by atoms with van der Waals surface area (Å²) in [4.78, 5) is 39.1. The van der Waals surface area contributed by atoms with Crippen LogP contribution in [-0.4, -0.2) is 42.4 Å². The third-order valence-electron chi connectivity index (χ3n) is 7.43. The largest absolute Gasteiger partial charge is 0.493 e. The van der Waals surface area contributed by atoms with Crippen LogP contribution >= 0.6 is 0 Å². The summed E-state index contributed by atoms with van der Waals surface area (Å²) in [6, 6.07) is 24.7. The van der Waals surface area contributed by atoms with Crippen LogP contribution in [0.1, 0.15) is 43.0 Å². The minimum Gasteiger partial charge on any atom is -0.493 e. The normalized spacial score (nSPS) is 12.6. The molecule has 0 atom stereocenters. The highest BCUT2D eigenvalue weighted by Crippen LogP contribution is 2.28. The minimum atomic E-state index is -0.345. The molecule has 4 aromatic rings. The number of amides is 2. The van der Waals surface area contributed by atoms with Gasteiger partial charge < -0.3 is 20.1 Å². The van der Waals surface area contributed by atoms with E-state index in [1.54, 1.807) is 48.5 Å². The van der Waals surface area contributed by atoms with Crippen LogP contribution in [0.3, 0.4) is 0 Å². The summed E-state index contributed by atoms with van der Waals surface area (Å²) in [5, 5.41) is 17.3. The molecule has 0 fully saturated rings. The lowest BCUT2D eigenvalue weighted by atomic mass is 9.98. The molecule has 0 radical (unpaired) electrons. The van der Waals surface area contributed by atoms with Crippen LogP contribution in [0.4, 0.5) is 11.4 Å². The molecule has 0 saturated carbocycles. The van der Waals surface area contributed by atoms with Crippen molar-refractivity contribution >= 4 is 23.2 Å². The molecule has 0 spiro atoms. The van der Waals surface area contributed by atoms with E-state index < -0.39 is 0 Å². The second-order valence-electron chi connectivity index (χ2n) is 10.2. The van der Waals surface area contributed by atoms with E-state index in [1.165, 1.54) is 25.8 Å². The fourth-order valence-electron chi connectivity index (χ4n) is 5.18. The predicted octanol–water partition coefficient (Wildman–Crippen LogP) is 5.35. The second-order valence-corrected chi connectivity index (χ2v) is 10.2. The Hall–Kier alpha value is -5.22. The maximum atomic E-state index is 13.1. The quantitative estimate of drug-likeness (QED) is 0.191. The number of hydrogen-bond acceptors (Lipinski definition) is 7. The van der Waals surface area contributed by atoms with Gasteiger partial charge in [0.05, 0.1) is 19.1 Å². The van der Waals surface area contributed by atoms with E-state index in [9.17, 15) is 19.7 Å². The summed E-state index contributed by atoms with van der Waals surface area (Å²) < 4.78 is 10.5. The Labute approximate surface area is 249 Å². The van der Waals surface area contributed by atoms with Crippen molar-refractivity contribution in [3.8, 4) is 11.5 Å². The second kappa shape index (κ2) is 13.2. The van der Waals surface area contributed by atoms with Crippen molar-refractivity contribution in [2.45, 2.75) is 26.1 Å². The Bertz CT molecular complexity index is 1670. The van der Waals surface area contributed by atoms with Crippen molar-refractivity contribution in [3.05, 3.63) is 128 Å². The molecule has 0 aromatic heterocycles. The van der Waals surface area contributed by atoms with Crippen molar-refractivity contribution in [1.82, 2.24) is 10.2 Å². The van der Waals surface area contributed by atoms with E-state index >= 15 is 0 Å². The number of nitro benzene ring substituents is 1.